The Bertz CT molecular complexity index is 1240. The molecule has 7 nitrogen and oxygen atoms in total. The lowest BCUT2D eigenvalue weighted by Crippen LogP contribution is -2.26. The van der Waals surface area contributed by atoms with Crippen molar-refractivity contribution in [1.82, 2.24) is 20.1 Å². The molecule has 4 aromatic rings. The van der Waals surface area contributed by atoms with Gasteiger partial charge in [-0.3, -0.25) is 9.59 Å². The fourth-order valence-electron chi connectivity index (χ4n) is 3.27. The van der Waals surface area contributed by atoms with Gasteiger partial charge in [-0.05, 0) is 48.7 Å². The van der Waals surface area contributed by atoms with E-state index < -0.39 is 0 Å². The Kier molecular flexibility index (Phi) is 4.84. The number of amides is 2. The van der Waals surface area contributed by atoms with Gasteiger partial charge in [0, 0.05) is 16.6 Å². The van der Waals surface area contributed by atoms with Gasteiger partial charge >= 0.3 is 0 Å². The van der Waals surface area contributed by atoms with Crippen LogP contribution in [0.3, 0.4) is 0 Å². The maximum Gasteiger partial charge on any atom is 0.257 e. The number of hydrogen-bond acceptors (Lipinski definition) is 6. The maximum absolute atomic E-state index is 13.1. The highest BCUT2D eigenvalue weighted by molar-refractivity contribution is 7.14. The van der Waals surface area contributed by atoms with Crippen molar-refractivity contribution in [3.63, 3.8) is 0 Å². The number of pyridine rings is 1. The van der Waals surface area contributed by atoms with Crippen LogP contribution in [0.4, 0.5) is 5.00 Å². The Balaban J connectivity index is 1.43. The Morgan fingerprint density at radius 1 is 1.17 bits per heavy atom. The van der Waals surface area contributed by atoms with Gasteiger partial charge in [0.2, 0.25) is 0 Å². The second-order valence-electron chi connectivity index (χ2n) is 7.30. The molecule has 5 rings (SSSR count). The molecule has 0 unspecified atom stereocenters. The molecule has 1 aliphatic carbocycles. The molecule has 9 heteroatoms. The predicted octanol–water partition coefficient (Wildman–Crippen LogP) is 4.06. The average molecular weight is 438 g/mol. The molecule has 4 heterocycles. The van der Waals surface area contributed by atoms with Crippen molar-refractivity contribution in [3.05, 3.63) is 62.9 Å². The first-order valence-electron chi connectivity index (χ1n) is 9.64. The zero-order valence-electron chi connectivity index (χ0n) is 16.2. The Hall–Kier alpha value is -3.04. The molecule has 0 radical (unpaired) electrons. The summed E-state index contributed by atoms with van der Waals surface area (Å²) in [5.41, 5.74) is 2.40. The second-order valence-corrected chi connectivity index (χ2v) is 9.24. The SMILES string of the molecule is Cc1cc(C(=O)Nc2sccc2C(=O)NC2CC2)c2cnn(Cc3cccs3)c2n1. The van der Waals surface area contributed by atoms with Crippen LogP contribution in [-0.2, 0) is 6.54 Å². The monoisotopic (exact) mass is 437 g/mol. The van der Waals surface area contributed by atoms with Crippen LogP contribution in [0.1, 0.15) is 44.1 Å². The number of fused-ring (bicyclic) bond motifs is 1. The summed E-state index contributed by atoms with van der Waals surface area (Å²) in [5, 5.41) is 15.4. The minimum absolute atomic E-state index is 0.145. The van der Waals surface area contributed by atoms with E-state index in [-0.39, 0.29) is 17.9 Å². The summed E-state index contributed by atoms with van der Waals surface area (Å²) in [6.07, 6.45) is 3.71. The molecule has 1 aliphatic rings. The van der Waals surface area contributed by atoms with E-state index in [1.807, 2.05) is 34.5 Å². The van der Waals surface area contributed by atoms with Gasteiger partial charge in [-0.2, -0.15) is 5.10 Å². The summed E-state index contributed by atoms with van der Waals surface area (Å²) in [7, 11) is 0. The first-order chi connectivity index (χ1) is 14.6. The van der Waals surface area contributed by atoms with E-state index in [1.54, 1.807) is 29.7 Å². The number of rotatable bonds is 6. The molecule has 0 spiro atoms. The van der Waals surface area contributed by atoms with Crippen LogP contribution in [0.5, 0.6) is 0 Å². The molecule has 0 aliphatic heterocycles. The van der Waals surface area contributed by atoms with Crippen LogP contribution in [-0.4, -0.2) is 32.6 Å². The molecule has 0 bridgehead atoms. The summed E-state index contributed by atoms with van der Waals surface area (Å²) >= 11 is 2.99. The highest BCUT2D eigenvalue weighted by Crippen LogP contribution is 2.27. The summed E-state index contributed by atoms with van der Waals surface area (Å²) in [4.78, 5) is 31.3. The van der Waals surface area contributed by atoms with Gasteiger partial charge in [0.1, 0.15) is 5.00 Å². The number of carbonyl (C=O) groups excluding carboxylic acids is 2. The number of aryl methyl sites for hydroxylation is 1. The van der Waals surface area contributed by atoms with Crippen molar-refractivity contribution >= 4 is 50.5 Å². The van der Waals surface area contributed by atoms with Crippen LogP contribution in [0.15, 0.2) is 41.2 Å². The van der Waals surface area contributed by atoms with E-state index in [0.717, 1.165) is 18.5 Å². The fourth-order valence-corrected chi connectivity index (χ4v) is 4.74. The molecule has 0 aromatic carbocycles. The molecule has 4 aromatic heterocycles. The standard InChI is InChI=1S/C21H19N5O2S2/c1-12-9-16(17-10-22-26(18(17)23-12)11-14-3-2-7-29-14)20(28)25-21-15(6-8-30-21)19(27)24-13-4-5-13/h2-3,6-10,13H,4-5,11H2,1H3,(H,24,27)(H,25,28). The van der Waals surface area contributed by atoms with Crippen molar-refractivity contribution in [3.8, 4) is 0 Å². The summed E-state index contributed by atoms with van der Waals surface area (Å²) < 4.78 is 1.81. The van der Waals surface area contributed by atoms with Gasteiger partial charge < -0.3 is 10.6 Å². The molecule has 0 saturated heterocycles. The lowest BCUT2D eigenvalue weighted by molar-refractivity contribution is 0.0952. The van der Waals surface area contributed by atoms with Crippen molar-refractivity contribution in [2.24, 2.45) is 0 Å². The molecule has 30 heavy (non-hydrogen) atoms. The van der Waals surface area contributed by atoms with Gasteiger partial charge in [-0.25, -0.2) is 9.67 Å². The number of anilines is 1. The number of hydrogen-bond donors (Lipinski definition) is 2. The first kappa shape index (κ1) is 19.0. The molecule has 1 fully saturated rings. The third-order valence-electron chi connectivity index (χ3n) is 4.92. The van der Waals surface area contributed by atoms with E-state index in [4.69, 9.17) is 0 Å². The Morgan fingerprint density at radius 3 is 2.80 bits per heavy atom. The fraction of sp³-hybridized carbons (Fsp3) is 0.238. The summed E-state index contributed by atoms with van der Waals surface area (Å²) in [6, 6.07) is 7.81. The molecular formula is C21H19N5O2S2. The highest BCUT2D eigenvalue weighted by atomic mass is 32.1. The van der Waals surface area contributed by atoms with Crippen molar-refractivity contribution in [1.29, 1.82) is 0 Å². The smallest absolute Gasteiger partial charge is 0.257 e. The Labute approximate surface area is 180 Å². The molecular weight excluding hydrogens is 418 g/mol. The zero-order chi connectivity index (χ0) is 20.7. The minimum Gasteiger partial charge on any atom is -0.349 e. The third kappa shape index (κ3) is 3.73. The van der Waals surface area contributed by atoms with Crippen molar-refractivity contribution in [2.75, 3.05) is 5.32 Å². The number of aromatic nitrogens is 3. The largest absolute Gasteiger partial charge is 0.349 e. The molecule has 2 amide bonds. The molecule has 152 valence electrons. The molecule has 0 atom stereocenters. The van der Waals surface area contributed by atoms with Crippen molar-refractivity contribution < 1.29 is 9.59 Å². The maximum atomic E-state index is 13.1. The number of nitrogens with zero attached hydrogens (tertiary/aromatic N) is 3. The number of carbonyl (C=O) groups is 2. The molecule has 1 saturated carbocycles. The van der Waals surface area contributed by atoms with Crippen LogP contribution in [0, 0.1) is 6.92 Å². The average Bonchev–Trinajstić information content (AvgIpc) is 3.12. The van der Waals surface area contributed by atoms with E-state index in [0.29, 0.717) is 33.7 Å². The quantitative estimate of drug-likeness (QED) is 0.476. The highest BCUT2D eigenvalue weighted by Gasteiger charge is 2.26. The number of nitrogens with one attached hydrogen (secondary N) is 2. The van der Waals surface area contributed by atoms with Gasteiger partial charge in [0.25, 0.3) is 11.8 Å². The summed E-state index contributed by atoms with van der Waals surface area (Å²) in [6.45, 7) is 2.47. The van der Waals surface area contributed by atoms with Gasteiger partial charge in [0.05, 0.1) is 29.3 Å². The van der Waals surface area contributed by atoms with E-state index in [2.05, 4.69) is 20.7 Å². The first-order valence-corrected chi connectivity index (χ1v) is 11.4. The topological polar surface area (TPSA) is 88.9 Å². The second kappa shape index (κ2) is 7.66. The van der Waals surface area contributed by atoms with Crippen LogP contribution >= 0.6 is 22.7 Å². The third-order valence-corrected chi connectivity index (χ3v) is 6.61. The number of thiophene rings is 2. The van der Waals surface area contributed by atoms with Crippen LogP contribution in [0.2, 0.25) is 0 Å². The normalized spacial score (nSPS) is 13.5. The van der Waals surface area contributed by atoms with Gasteiger partial charge in [-0.15, -0.1) is 22.7 Å². The van der Waals surface area contributed by atoms with Gasteiger partial charge in [0.15, 0.2) is 5.65 Å². The zero-order valence-corrected chi connectivity index (χ0v) is 17.8. The van der Waals surface area contributed by atoms with Gasteiger partial charge in [-0.1, -0.05) is 6.07 Å². The lowest BCUT2D eigenvalue weighted by atomic mass is 10.1. The lowest BCUT2D eigenvalue weighted by Gasteiger charge is -2.09. The van der Waals surface area contributed by atoms with E-state index in [9.17, 15) is 9.59 Å². The predicted molar refractivity (Wildman–Crippen MR) is 118 cm³/mol. The van der Waals surface area contributed by atoms with E-state index in [1.165, 1.54) is 16.2 Å². The van der Waals surface area contributed by atoms with Crippen molar-refractivity contribution in [2.45, 2.75) is 32.4 Å². The summed E-state index contributed by atoms with van der Waals surface area (Å²) in [5.74, 6) is -0.419. The van der Waals surface area contributed by atoms with Crippen LogP contribution < -0.4 is 10.6 Å². The Morgan fingerprint density at radius 2 is 2.03 bits per heavy atom. The molecule has 2 N–H and O–H groups in total. The van der Waals surface area contributed by atoms with E-state index >= 15 is 0 Å². The van der Waals surface area contributed by atoms with Crippen LogP contribution in [0.25, 0.3) is 11.0 Å². The minimum atomic E-state index is -0.274.